The summed E-state index contributed by atoms with van der Waals surface area (Å²) in [6.45, 7) is 2.25. The first-order valence-electron chi connectivity index (χ1n) is 6.87. The highest BCUT2D eigenvalue weighted by molar-refractivity contribution is 7.99. The zero-order valence-electron chi connectivity index (χ0n) is 11.3. The Morgan fingerprint density at radius 3 is 2.53 bits per heavy atom. The number of carbonyl (C=O) groups excluding carboxylic acids is 1. The van der Waals surface area contributed by atoms with Crippen LogP contribution in [0.15, 0.2) is 0 Å². The van der Waals surface area contributed by atoms with E-state index in [9.17, 15) is 4.79 Å². The molecule has 0 aliphatic heterocycles. The molecule has 0 radical (unpaired) electrons. The summed E-state index contributed by atoms with van der Waals surface area (Å²) < 4.78 is 4.75. The van der Waals surface area contributed by atoms with Gasteiger partial charge in [-0.2, -0.15) is 11.8 Å². The number of ether oxygens (including phenoxy) is 1. The highest BCUT2D eigenvalue weighted by Crippen LogP contribution is 2.51. The molecule has 100 valence electrons. The molecule has 1 saturated carbocycles. The number of esters is 1. The van der Waals surface area contributed by atoms with Gasteiger partial charge < -0.3 is 4.74 Å². The summed E-state index contributed by atoms with van der Waals surface area (Å²) in [6.07, 6.45) is 9.82. The molecule has 1 aliphatic carbocycles. The lowest BCUT2D eigenvalue weighted by atomic mass is 10.1. The van der Waals surface area contributed by atoms with E-state index in [2.05, 4.69) is 6.92 Å². The van der Waals surface area contributed by atoms with Crippen molar-refractivity contribution in [3.8, 4) is 0 Å². The van der Waals surface area contributed by atoms with E-state index >= 15 is 0 Å². The van der Waals surface area contributed by atoms with Gasteiger partial charge in [-0.15, -0.1) is 0 Å². The van der Waals surface area contributed by atoms with Gasteiger partial charge in [0, 0.05) is 0 Å². The van der Waals surface area contributed by atoms with Crippen LogP contribution in [0.25, 0.3) is 0 Å². The van der Waals surface area contributed by atoms with Crippen LogP contribution in [0.5, 0.6) is 0 Å². The molecule has 1 fully saturated rings. The second-order valence-corrected chi connectivity index (χ2v) is 6.32. The van der Waals surface area contributed by atoms with E-state index in [1.54, 1.807) is 0 Å². The lowest BCUT2D eigenvalue weighted by Crippen LogP contribution is -2.13. The third-order valence-electron chi connectivity index (χ3n) is 3.50. The standard InChI is InChI=1S/C14H26O2S/c1-3-4-5-6-7-10-17-12-14(8-9-14)11-13(15)16-2/h3-12H2,1-2H3. The number of hydrogen-bond donors (Lipinski definition) is 0. The topological polar surface area (TPSA) is 26.3 Å². The molecule has 1 rings (SSSR count). The van der Waals surface area contributed by atoms with Crippen molar-refractivity contribution in [1.29, 1.82) is 0 Å². The first kappa shape index (κ1) is 14.9. The summed E-state index contributed by atoms with van der Waals surface area (Å²) in [7, 11) is 1.49. The molecule has 3 heteroatoms. The normalized spacial score (nSPS) is 16.8. The van der Waals surface area contributed by atoms with Crippen molar-refractivity contribution in [3.05, 3.63) is 0 Å². The molecule has 0 aromatic carbocycles. The molecule has 0 aromatic rings. The Morgan fingerprint density at radius 2 is 1.94 bits per heavy atom. The molecule has 0 aromatic heterocycles. The van der Waals surface area contributed by atoms with E-state index in [-0.39, 0.29) is 5.97 Å². The third kappa shape index (κ3) is 6.35. The van der Waals surface area contributed by atoms with E-state index in [1.165, 1.54) is 57.8 Å². The van der Waals surface area contributed by atoms with Crippen LogP contribution in [0.1, 0.15) is 58.3 Å². The fourth-order valence-electron chi connectivity index (χ4n) is 2.02. The maximum absolute atomic E-state index is 11.2. The van der Waals surface area contributed by atoms with Crippen LogP contribution >= 0.6 is 11.8 Å². The fourth-order valence-corrected chi connectivity index (χ4v) is 3.40. The molecule has 0 spiro atoms. The molecule has 0 heterocycles. The van der Waals surface area contributed by atoms with Crippen molar-refractivity contribution in [2.75, 3.05) is 18.6 Å². The smallest absolute Gasteiger partial charge is 0.306 e. The minimum absolute atomic E-state index is 0.0361. The van der Waals surface area contributed by atoms with Gasteiger partial charge in [0.1, 0.15) is 0 Å². The Balaban J connectivity index is 1.97. The van der Waals surface area contributed by atoms with Gasteiger partial charge in [-0.1, -0.05) is 32.6 Å². The van der Waals surface area contributed by atoms with Gasteiger partial charge in [-0.3, -0.25) is 4.79 Å². The minimum atomic E-state index is -0.0361. The second kappa shape index (κ2) is 8.02. The predicted molar refractivity (Wildman–Crippen MR) is 74.4 cm³/mol. The molecule has 17 heavy (non-hydrogen) atoms. The quantitative estimate of drug-likeness (QED) is 0.437. The van der Waals surface area contributed by atoms with Crippen molar-refractivity contribution in [3.63, 3.8) is 0 Å². The molecule has 1 aliphatic rings. The van der Waals surface area contributed by atoms with E-state index in [0.29, 0.717) is 11.8 Å². The van der Waals surface area contributed by atoms with Crippen LogP contribution in [0.4, 0.5) is 0 Å². The van der Waals surface area contributed by atoms with E-state index in [0.717, 1.165) is 5.75 Å². The van der Waals surface area contributed by atoms with Gasteiger partial charge in [0.25, 0.3) is 0 Å². The average Bonchev–Trinajstić information content (AvgIpc) is 3.08. The highest BCUT2D eigenvalue weighted by atomic mass is 32.2. The Morgan fingerprint density at radius 1 is 1.24 bits per heavy atom. The Labute approximate surface area is 110 Å². The van der Waals surface area contributed by atoms with Gasteiger partial charge in [-0.25, -0.2) is 0 Å². The average molecular weight is 258 g/mol. The van der Waals surface area contributed by atoms with Crippen molar-refractivity contribution in [1.82, 2.24) is 0 Å². The summed E-state index contributed by atoms with van der Waals surface area (Å²) in [5.41, 5.74) is 0.307. The molecule has 2 nitrogen and oxygen atoms in total. The van der Waals surface area contributed by atoms with Crippen LogP contribution in [0, 0.1) is 5.41 Å². The molecule has 0 N–H and O–H groups in total. The van der Waals surface area contributed by atoms with Crippen molar-refractivity contribution < 1.29 is 9.53 Å². The largest absolute Gasteiger partial charge is 0.469 e. The maximum Gasteiger partial charge on any atom is 0.306 e. The SMILES string of the molecule is CCCCCCCSCC1(CC(=O)OC)CC1. The lowest BCUT2D eigenvalue weighted by molar-refractivity contribution is -0.141. The molecule has 0 amide bonds. The van der Waals surface area contributed by atoms with Crippen molar-refractivity contribution >= 4 is 17.7 Å². The summed E-state index contributed by atoms with van der Waals surface area (Å²) in [4.78, 5) is 11.2. The molecule has 0 saturated heterocycles. The molecule has 0 atom stereocenters. The number of carbonyl (C=O) groups is 1. The summed E-state index contributed by atoms with van der Waals surface area (Å²) >= 11 is 2.03. The first-order chi connectivity index (χ1) is 8.22. The minimum Gasteiger partial charge on any atom is -0.469 e. The van der Waals surface area contributed by atoms with E-state index in [1.807, 2.05) is 11.8 Å². The lowest BCUT2D eigenvalue weighted by Gasteiger charge is -2.12. The number of thioether (sulfide) groups is 1. The highest BCUT2D eigenvalue weighted by Gasteiger charge is 2.44. The van der Waals surface area contributed by atoms with E-state index < -0.39 is 0 Å². The predicted octanol–water partition coefficient (Wildman–Crippen LogP) is 4.03. The van der Waals surface area contributed by atoms with Gasteiger partial charge in [0.15, 0.2) is 0 Å². The number of hydrogen-bond acceptors (Lipinski definition) is 3. The second-order valence-electron chi connectivity index (χ2n) is 5.22. The Hall–Kier alpha value is -0.180. The number of rotatable bonds is 10. The molecule has 0 unspecified atom stereocenters. The van der Waals surface area contributed by atoms with Crippen molar-refractivity contribution in [2.24, 2.45) is 5.41 Å². The van der Waals surface area contributed by atoms with Gasteiger partial charge >= 0.3 is 5.97 Å². The zero-order chi connectivity index (χ0) is 12.6. The molecular formula is C14H26O2S. The van der Waals surface area contributed by atoms with Gasteiger partial charge in [-0.05, 0) is 36.2 Å². The third-order valence-corrected chi connectivity index (χ3v) is 4.90. The Kier molecular flexibility index (Phi) is 7.02. The monoisotopic (exact) mass is 258 g/mol. The maximum atomic E-state index is 11.2. The summed E-state index contributed by atoms with van der Waals surface area (Å²) in [5, 5.41) is 0. The van der Waals surface area contributed by atoms with Gasteiger partial charge in [0.05, 0.1) is 13.5 Å². The van der Waals surface area contributed by atoms with Crippen molar-refractivity contribution in [2.45, 2.75) is 58.3 Å². The van der Waals surface area contributed by atoms with Crippen LogP contribution in [-0.2, 0) is 9.53 Å². The Bertz CT molecular complexity index is 224. The summed E-state index contributed by atoms with van der Waals surface area (Å²) in [6, 6.07) is 0. The van der Waals surface area contributed by atoms with Crippen LogP contribution < -0.4 is 0 Å². The summed E-state index contributed by atoms with van der Waals surface area (Å²) in [5.74, 6) is 2.37. The van der Waals surface area contributed by atoms with Crippen LogP contribution in [0.2, 0.25) is 0 Å². The number of unbranched alkanes of at least 4 members (excludes halogenated alkanes) is 4. The van der Waals surface area contributed by atoms with Crippen LogP contribution in [-0.4, -0.2) is 24.6 Å². The van der Waals surface area contributed by atoms with Gasteiger partial charge in [0.2, 0.25) is 0 Å². The fraction of sp³-hybridized carbons (Fsp3) is 0.929. The van der Waals surface area contributed by atoms with Crippen LogP contribution in [0.3, 0.4) is 0 Å². The van der Waals surface area contributed by atoms with E-state index in [4.69, 9.17) is 4.74 Å². The zero-order valence-corrected chi connectivity index (χ0v) is 12.1. The molecular weight excluding hydrogens is 232 g/mol. The molecule has 0 bridgehead atoms. The first-order valence-corrected chi connectivity index (χ1v) is 8.02. The number of methoxy groups -OCH3 is 1.